The van der Waals surface area contributed by atoms with Gasteiger partial charge in [0.25, 0.3) is 5.91 Å². The number of rotatable bonds is 7. The number of hydrogen-bond acceptors (Lipinski definition) is 8. The second kappa shape index (κ2) is 10.1. The van der Waals surface area contributed by atoms with Crippen LogP contribution in [0.1, 0.15) is 25.6 Å². The number of aromatic nitrogens is 2. The number of ether oxygens (including phenoxy) is 1. The van der Waals surface area contributed by atoms with Crippen LogP contribution in [-0.2, 0) is 9.53 Å². The first-order valence-electron chi connectivity index (χ1n) is 10.7. The van der Waals surface area contributed by atoms with Crippen molar-refractivity contribution in [2.45, 2.75) is 37.7 Å². The number of anilines is 1. The van der Waals surface area contributed by atoms with Gasteiger partial charge in [0.1, 0.15) is 18.2 Å². The average Bonchev–Trinajstić information content (AvgIpc) is 3.38. The minimum absolute atomic E-state index is 0.00283. The predicted molar refractivity (Wildman–Crippen MR) is 136 cm³/mol. The van der Waals surface area contributed by atoms with Gasteiger partial charge in [0.05, 0.1) is 15.6 Å². The Kier molecular flexibility index (Phi) is 7.50. The van der Waals surface area contributed by atoms with Crippen LogP contribution >= 0.6 is 32.3 Å². The lowest BCUT2D eigenvalue weighted by atomic mass is 9.95. The number of nitrogens with zero attached hydrogens (tertiary/aromatic N) is 4. The van der Waals surface area contributed by atoms with Crippen molar-refractivity contribution in [3.8, 4) is 0 Å². The topological polar surface area (TPSA) is 118 Å². The van der Waals surface area contributed by atoms with Crippen LogP contribution in [0.15, 0.2) is 28.6 Å². The third kappa shape index (κ3) is 5.37. The van der Waals surface area contributed by atoms with Crippen molar-refractivity contribution >= 4 is 60.0 Å². The van der Waals surface area contributed by atoms with Crippen LogP contribution < -0.4 is 21.3 Å². The maximum absolute atomic E-state index is 13.0. The Labute approximate surface area is 214 Å². The minimum Gasteiger partial charge on any atom is -0.376 e. The quantitative estimate of drug-likeness (QED) is 0.399. The zero-order valence-corrected chi connectivity index (χ0v) is 21.6. The molecule has 3 aliphatic rings. The van der Waals surface area contributed by atoms with Gasteiger partial charge in [-0.05, 0) is 13.3 Å². The molecule has 4 heterocycles. The molecule has 4 N–H and O–H groups in total. The van der Waals surface area contributed by atoms with Crippen molar-refractivity contribution in [2.75, 3.05) is 24.6 Å². The highest BCUT2D eigenvalue weighted by Gasteiger charge is 2.51. The highest BCUT2D eigenvalue weighted by Crippen LogP contribution is 2.38. The van der Waals surface area contributed by atoms with Crippen molar-refractivity contribution in [2.24, 2.45) is 16.6 Å². The lowest BCUT2D eigenvalue weighted by Gasteiger charge is -2.35. The average molecular weight is 626 g/mol. The number of amides is 1. The zero-order chi connectivity index (χ0) is 25.4. The van der Waals surface area contributed by atoms with Gasteiger partial charge in [-0.15, -0.1) is 0 Å². The van der Waals surface area contributed by atoms with Crippen LogP contribution in [0.3, 0.4) is 0 Å². The molecule has 0 spiro atoms. The standard InChI is InChI=1S/C21H24ClF3IN7O2/c1-3-35-12-5-20(27,19(34)31-10-21(23,24)25)33(9-12)18-15(26-2)8-30-17(32-18)14-7-29-16-13(14)4-11(22)6-28-16/h6-8,12-13H,2-5,9-10,27H2,1H3,(H,28,29)(H,31,34)/t12?,13?,20-/m0/s1. The Balaban J connectivity index is 1.70. The summed E-state index contributed by atoms with van der Waals surface area (Å²) in [5, 5.41) is 5.62. The van der Waals surface area contributed by atoms with Crippen molar-refractivity contribution in [1.82, 2.24) is 20.6 Å². The first-order valence-corrected chi connectivity index (χ1v) is 13.7. The number of aliphatic imine (C=N–C) groups is 1. The summed E-state index contributed by atoms with van der Waals surface area (Å²) < 4.78 is 48.8. The number of hydrogen-bond donors (Lipinski definition) is 3. The molecule has 0 aliphatic carbocycles. The fraction of sp³-hybridized carbons (Fsp3) is 0.476. The molecule has 190 valence electrons. The molecule has 0 radical (unpaired) electrons. The number of carbonyl (C=O) groups excluding carboxylic acids is 1. The van der Waals surface area contributed by atoms with E-state index in [4.69, 9.17) is 27.1 Å². The summed E-state index contributed by atoms with van der Waals surface area (Å²) in [7, 11) is 0. The van der Waals surface area contributed by atoms with E-state index < -0.39 is 51.1 Å². The number of alkyl halides is 3. The maximum Gasteiger partial charge on any atom is 0.405 e. The zero-order valence-electron chi connectivity index (χ0n) is 18.7. The first kappa shape index (κ1) is 26.0. The Morgan fingerprint density at radius 3 is 2.97 bits per heavy atom. The minimum atomic E-state index is -4.57. The highest BCUT2D eigenvalue weighted by atomic mass is 127. The molecule has 4 rings (SSSR count). The Bertz CT molecular complexity index is 1130. The molecule has 0 bridgehead atoms. The van der Waals surface area contributed by atoms with E-state index in [1.54, 1.807) is 25.5 Å². The first-order chi connectivity index (χ1) is 16.6. The van der Waals surface area contributed by atoms with Crippen molar-refractivity contribution < 1.29 is 22.7 Å². The van der Waals surface area contributed by atoms with E-state index in [2.05, 4.69) is 19.8 Å². The predicted octanol–water partition coefficient (Wildman–Crippen LogP) is 2.44. The molecule has 0 saturated carbocycles. The Hall–Kier alpha value is -2.10. The van der Waals surface area contributed by atoms with Gasteiger partial charge in [-0.1, -0.05) is 36.8 Å². The number of halogens is 5. The Morgan fingerprint density at radius 1 is 1.51 bits per heavy atom. The lowest BCUT2D eigenvalue weighted by molar-refractivity contribution is -0.141. The van der Waals surface area contributed by atoms with Crippen LogP contribution in [0.25, 0.3) is 5.57 Å². The number of carbonyl (C=O) groups is 1. The second-order valence-electron chi connectivity index (χ2n) is 8.20. The number of nitrogens with one attached hydrogen (secondary N) is 2. The van der Waals surface area contributed by atoms with Gasteiger partial charge in [0.2, 0.25) is 0 Å². The summed E-state index contributed by atoms with van der Waals surface area (Å²) in [5.41, 5.74) is 5.47. The van der Waals surface area contributed by atoms with E-state index in [1.807, 2.05) is 5.32 Å². The van der Waals surface area contributed by atoms with E-state index >= 15 is 0 Å². The summed E-state index contributed by atoms with van der Waals surface area (Å²) >= 11 is 5.38. The van der Waals surface area contributed by atoms with E-state index in [0.717, 1.165) is 11.4 Å². The summed E-state index contributed by atoms with van der Waals surface area (Å²) in [4.78, 5) is 28.0. The van der Waals surface area contributed by atoms with Crippen molar-refractivity contribution in [1.29, 1.82) is 0 Å². The SMILES string of the molecule is C=Ic1cnc(C2=CNC3=NC=C(Cl)CC23)nc1N1CC(OCC)C[C@@]1(N)C(=O)NCC(F)(F)F. The Morgan fingerprint density at radius 2 is 2.29 bits per heavy atom. The van der Waals surface area contributed by atoms with Gasteiger partial charge in [-0.3, -0.25) is 4.79 Å². The molecule has 9 nitrogen and oxygen atoms in total. The van der Waals surface area contributed by atoms with Crippen LogP contribution in [0, 0.1) is 9.49 Å². The molecular weight excluding hydrogens is 602 g/mol. The number of allylic oxidation sites excluding steroid dienone is 1. The second-order valence-corrected chi connectivity index (χ2v) is 10.6. The molecule has 3 atom stereocenters. The van der Waals surface area contributed by atoms with Gasteiger partial charge >= 0.3 is 6.18 Å². The largest absolute Gasteiger partial charge is 0.405 e. The molecule has 14 heteroatoms. The molecule has 0 aromatic carbocycles. The summed E-state index contributed by atoms with van der Waals surface area (Å²) in [6, 6.07) is 0. The van der Waals surface area contributed by atoms with E-state index in [9.17, 15) is 18.0 Å². The molecule has 1 fully saturated rings. The number of nitrogens with two attached hydrogens (primary N) is 1. The van der Waals surface area contributed by atoms with Crippen molar-refractivity contribution in [3.05, 3.63) is 33.0 Å². The molecule has 3 aliphatic heterocycles. The molecule has 2 unspecified atom stereocenters. The van der Waals surface area contributed by atoms with Gasteiger partial charge in [-0.25, -0.2) is 15.0 Å². The van der Waals surface area contributed by atoms with E-state index in [1.165, 1.54) is 4.90 Å². The summed E-state index contributed by atoms with van der Waals surface area (Å²) in [5.74, 6) is 0.362. The maximum atomic E-state index is 13.0. The smallest absolute Gasteiger partial charge is 0.376 e. The third-order valence-corrected chi connectivity index (χ3v) is 7.69. The number of fused-ring (bicyclic) bond motifs is 1. The van der Waals surface area contributed by atoms with Crippen molar-refractivity contribution in [3.63, 3.8) is 0 Å². The molecule has 35 heavy (non-hydrogen) atoms. The van der Waals surface area contributed by atoms with E-state index in [-0.39, 0.29) is 18.9 Å². The van der Waals surface area contributed by atoms with Crippen LogP contribution in [0.4, 0.5) is 19.0 Å². The molecule has 1 aromatic heterocycles. The monoisotopic (exact) mass is 625 g/mol. The highest BCUT2D eigenvalue weighted by molar-refractivity contribution is 14.2. The lowest BCUT2D eigenvalue weighted by Crippen LogP contribution is -2.63. The third-order valence-electron chi connectivity index (χ3n) is 5.86. The summed E-state index contributed by atoms with van der Waals surface area (Å²) in [6.45, 7) is 0.847. The normalized spacial score (nSPS) is 26.0. The van der Waals surface area contributed by atoms with Gasteiger partial charge in [0, 0.05) is 48.8 Å². The van der Waals surface area contributed by atoms with Crippen LogP contribution in [0.2, 0.25) is 0 Å². The fourth-order valence-electron chi connectivity index (χ4n) is 4.28. The van der Waals surface area contributed by atoms with Gasteiger partial charge < -0.3 is 26.0 Å². The fourth-order valence-corrected chi connectivity index (χ4v) is 5.57. The van der Waals surface area contributed by atoms with Gasteiger partial charge in [0.15, 0.2) is 11.5 Å². The van der Waals surface area contributed by atoms with E-state index in [0.29, 0.717) is 33.3 Å². The summed E-state index contributed by atoms with van der Waals surface area (Å²) in [6.07, 6.45) is 0.462. The van der Waals surface area contributed by atoms with Crippen LogP contribution in [-0.4, -0.2) is 63.9 Å². The van der Waals surface area contributed by atoms with Crippen LogP contribution in [0.5, 0.6) is 0 Å². The number of amidine groups is 1. The molecule has 1 saturated heterocycles. The van der Waals surface area contributed by atoms with Gasteiger partial charge in [-0.2, -0.15) is 13.2 Å². The molecule has 1 amide bonds. The molecular formula is C21H24ClF3IN7O2. The molecule has 1 aromatic rings.